The molecule has 1 aromatic carbocycles. The van der Waals surface area contributed by atoms with Gasteiger partial charge in [-0.1, -0.05) is 17.2 Å². The molecule has 1 aromatic heterocycles. The average molecular weight is 405 g/mol. The monoisotopic (exact) mass is 404 g/mol. The summed E-state index contributed by atoms with van der Waals surface area (Å²) < 4.78 is 31.4. The van der Waals surface area contributed by atoms with E-state index in [0.717, 1.165) is 18.4 Å². The number of hydrogen-bond acceptors (Lipinski definition) is 5. The van der Waals surface area contributed by atoms with Gasteiger partial charge in [-0.3, -0.25) is 0 Å². The van der Waals surface area contributed by atoms with Crippen LogP contribution in [-0.4, -0.2) is 32.6 Å². The number of rotatable bonds is 3. The molecule has 28 heavy (non-hydrogen) atoms. The molecular formula is C21H25FN2O3S. The zero-order chi connectivity index (χ0) is 20.5. The molecule has 7 heteroatoms. The van der Waals surface area contributed by atoms with Gasteiger partial charge in [0.1, 0.15) is 28.7 Å². The first kappa shape index (κ1) is 20.6. The van der Waals surface area contributed by atoms with Crippen molar-refractivity contribution in [2.24, 2.45) is 0 Å². The summed E-state index contributed by atoms with van der Waals surface area (Å²) in [5.74, 6) is 0.576. The van der Waals surface area contributed by atoms with Gasteiger partial charge in [-0.05, 0) is 68.9 Å². The van der Waals surface area contributed by atoms with Gasteiger partial charge >= 0.3 is 5.97 Å². The Balaban J connectivity index is 1.88. The van der Waals surface area contributed by atoms with Crippen LogP contribution in [0.4, 0.5) is 10.2 Å². The predicted octanol–water partition coefficient (Wildman–Crippen LogP) is 4.05. The van der Waals surface area contributed by atoms with Gasteiger partial charge in [-0.25, -0.2) is 14.2 Å². The number of pyridine rings is 1. The molecule has 0 amide bonds. The van der Waals surface area contributed by atoms with E-state index in [2.05, 4.69) is 4.98 Å². The molecule has 1 saturated heterocycles. The van der Waals surface area contributed by atoms with E-state index in [0.29, 0.717) is 28.5 Å². The topological polar surface area (TPSA) is 88.3 Å². The van der Waals surface area contributed by atoms with Crippen molar-refractivity contribution in [1.29, 1.82) is 0 Å². The van der Waals surface area contributed by atoms with Crippen LogP contribution in [0, 0.1) is 5.82 Å². The van der Waals surface area contributed by atoms with Crippen molar-refractivity contribution in [2.75, 3.05) is 17.2 Å². The fraction of sp³-hybridized carbons (Fsp3) is 0.429. The maximum absolute atomic E-state index is 14.6. The highest BCUT2D eigenvalue weighted by Crippen LogP contribution is 2.34. The van der Waals surface area contributed by atoms with Crippen LogP contribution in [0.1, 0.15) is 55.5 Å². The summed E-state index contributed by atoms with van der Waals surface area (Å²) >= 11 is -0.737. The Kier molecular flexibility index (Phi) is 5.95. The van der Waals surface area contributed by atoms with Crippen LogP contribution in [0.2, 0.25) is 0 Å². The summed E-state index contributed by atoms with van der Waals surface area (Å²) in [4.78, 5) is 16.4. The van der Waals surface area contributed by atoms with Gasteiger partial charge in [0, 0.05) is 11.8 Å². The quantitative estimate of drug-likeness (QED) is 0.616. The SMILES string of the molecule is CC(C)(C)OC(=O)c1ccc(-c2cc(C3CC[S+]([O-])CC3)cnc2N)cc1F. The third-order valence-corrected chi connectivity index (χ3v) is 6.08. The van der Waals surface area contributed by atoms with Crippen LogP contribution < -0.4 is 5.73 Å². The Morgan fingerprint density at radius 1 is 1.29 bits per heavy atom. The average Bonchev–Trinajstić information content (AvgIpc) is 2.61. The van der Waals surface area contributed by atoms with E-state index in [9.17, 15) is 13.7 Å². The third-order valence-electron chi connectivity index (χ3n) is 4.70. The van der Waals surface area contributed by atoms with E-state index >= 15 is 0 Å². The Labute approximate surface area is 167 Å². The van der Waals surface area contributed by atoms with E-state index in [-0.39, 0.29) is 11.5 Å². The second-order valence-electron chi connectivity index (χ2n) is 8.02. The minimum absolute atomic E-state index is 0.115. The highest BCUT2D eigenvalue weighted by molar-refractivity contribution is 7.91. The number of hydrogen-bond donors (Lipinski definition) is 1. The molecule has 0 unspecified atom stereocenters. The number of aromatic nitrogens is 1. The number of anilines is 1. The first-order chi connectivity index (χ1) is 13.1. The summed E-state index contributed by atoms with van der Waals surface area (Å²) in [7, 11) is 0. The van der Waals surface area contributed by atoms with Gasteiger partial charge in [-0.15, -0.1) is 0 Å². The molecule has 3 rings (SSSR count). The maximum Gasteiger partial charge on any atom is 0.341 e. The summed E-state index contributed by atoms with van der Waals surface area (Å²) in [6.07, 6.45) is 3.41. The van der Waals surface area contributed by atoms with Crippen molar-refractivity contribution in [3.05, 3.63) is 47.4 Å². The predicted molar refractivity (Wildman–Crippen MR) is 109 cm³/mol. The Morgan fingerprint density at radius 2 is 1.96 bits per heavy atom. The molecule has 1 aliphatic heterocycles. The molecule has 0 spiro atoms. The molecule has 5 nitrogen and oxygen atoms in total. The van der Waals surface area contributed by atoms with Gasteiger partial charge < -0.3 is 15.0 Å². The molecule has 0 atom stereocenters. The smallest absolute Gasteiger partial charge is 0.341 e. The molecule has 2 aromatic rings. The zero-order valence-corrected chi connectivity index (χ0v) is 17.1. The molecule has 0 bridgehead atoms. The fourth-order valence-electron chi connectivity index (χ4n) is 3.25. The highest BCUT2D eigenvalue weighted by atomic mass is 32.2. The number of esters is 1. The number of ether oxygens (including phenoxy) is 1. The number of nitrogens with zero attached hydrogens (tertiary/aromatic N) is 1. The summed E-state index contributed by atoms with van der Waals surface area (Å²) in [6.45, 7) is 5.20. The Bertz CT molecular complexity index is 874. The molecule has 1 aliphatic rings. The Morgan fingerprint density at radius 3 is 2.57 bits per heavy atom. The van der Waals surface area contributed by atoms with E-state index in [1.807, 2.05) is 6.07 Å². The summed E-state index contributed by atoms with van der Waals surface area (Å²) in [6, 6.07) is 6.26. The third kappa shape index (κ3) is 4.83. The van der Waals surface area contributed by atoms with Crippen LogP contribution in [0.15, 0.2) is 30.5 Å². The fourth-order valence-corrected chi connectivity index (χ4v) is 4.55. The standard InChI is InChI=1S/C21H25FN2O3S/c1-21(2,3)27-20(25)16-5-4-14(11-18(16)22)17-10-15(12-24-19(17)23)13-6-8-28(26)9-7-13/h4-5,10-13H,6-9H2,1-3H3,(H2,23,24). The molecule has 2 N–H and O–H groups in total. The number of benzene rings is 1. The number of halogens is 1. The second kappa shape index (κ2) is 8.09. The van der Waals surface area contributed by atoms with Crippen molar-refractivity contribution in [3.63, 3.8) is 0 Å². The Hall–Kier alpha value is -2.12. The number of nitrogen functional groups attached to an aromatic ring is 1. The van der Waals surface area contributed by atoms with Crippen molar-refractivity contribution < 1.29 is 18.5 Å². The van der Waals surface area contributed by atoms with Gasteiger partial charge in [0.15, 0.2) is 0 Å². The molecule has 1 fully saturated rings. The molecule has 0 saturated carbocycles. The zero-order valence-electron chi connectivity index (χ0n) is 16.3. The lowest BCUT2D eigenvalue weighted by Crippen LogP contribution is -2.24. The van der Waals surface area contributed by atoms with Crippen LogP contribution in [-0.2, 0) is 15.9 Å². The largest absolute Gasteiger partial charge is 0.616 e. The van der Waals surface area contributed by atoms with Gasteiger partial charge in [-0.2, -0.15) is 0 Å². The van der Waals surface area contributed by atoms with Crippen LogP contribution in [0.3, 0.4) is 0 Å². The van der Waals surface area contributed by atoms with Gasteiger partial charge in [0.25, 0.3) is 0 Å². The first-order valence-corrected chi connectivity index (χ1v) is 10.8. The van der Waals surface area contributed by atoms with E-state index in [1.165, 1.54) is 12.1 Å². The van der Waals surface area contributed by atoms with E-state index in [4.69, 9.17) is 10.5 Å². The minimum atomic E-state index is -0.737. The van der Waals surface area contributed by atoms with Crippen LogP contribution >= 0.6 is 0 Å². The highest BCUT2D eigenvalue weighted by Gasteiger charge is 2.25. The van der Waals surface area contributed by atoms with Crippen molar-refractivity contribution in [2.45, 2.75) is 45.1 Å². The van der Waals surface area contributed by atoms with Crippen molar-refractivity contribution in [1.82, 2.24) is 4.98 Å². The maximum atomic E-state index is 14.6. The number of carbonyl (C=O) groups excluding carboxylic acids is 1. The lowest BCUT2D eigenvalue weighted by Gasteiger charge is -2.24. The second-order valence-corrected chi connectivity index (χ2v) is 9.72. The van der Waals surface area contributed by atoms with Gasteiger partial charge in [0.05, 0.1) is 5.56 Å². The molecule has 150 valence electrons. The van der Waals surface area contributed by atoms with Crippen LogP contribution in [0.5, 0.6) is 0 Å². The lowest BCUT2D eigenvalue weighted by molar-refractivity contribution is 0.00647. The summed E-state index contributed by atoms with van der Waals surface area (Å²) in [5, 5.41) is 0. The van der Waals surface area contributed by atoms with E-state index < -0.39 is 28.6 Å². The van der Waals surface area contributed by atoms with Crippen LogP contribution in [0.25, 0.3) is 11.1 Å². The normalized spacial score (nSPS) is 20.0. The van der Waals surface area contributed by atoms with Crippen molar-refractivity contribution in [3.8, 4) is 11.1 Å². The lowest BCUT2D eigenvalue weighted by atomic mass is 9.92. The number of nitrogens with two attached hydrogens (primary N) is 1. The molecule has 0 radical (unpaired) electrons. The van der Waals surface area contributed by atoms with E-state index in [1.54, 1.807) is 33.0 Å². The molecule has 0 aliphatic carbocycles. The molecular weight excluding hydrogens is 379 g/mol. The minimum Gasteiger partial charge on any atom is -0.616 e. The van der Waals surface area contributed by atoms with Gasteiger partial charge in [0.2, 0.25) is 0 Å². The first-order valence-electron chi connectivity index (χ1n) is 9.28. The van der Waals surface area contributed by atoms with Crippen molar-refractivity contribution >= 4 is 23.0 Å². The summed E-state index contributed by atoms with van der Waals surface area (Å²) in [5.41, 5.74) is 7.40. The number of carbonyl (C=O) groups is 1. The molecule has 2 heterocycles.